The van der Waals surface area contributed by atoms with Gasteiger partial charge in [-0.2, -0.15) is 0 Å². The van der Waals surface area contributed by atoms with Gasteiger partial charge in [0, 0.05) is 36.9 Å². The maximum absolute atomic E-state index is 12.0. The molecule has 0 spiro atoms. The Balaban J connectivity index is 2.02. The van der Waals surface area contributed by atoms with Gasteiger partial charge in [0.1, 0.15) is 5.01 Å². The summed E-state index contributed by atoms with van der Waals surface area (Å²) in [6.07, 6.45) is 1.73. The highest BCUT2D eigenvalue weighted by molar-refractivity contribution is 7.09. The number of carbonyl (C=O) groups excluding carboxylic acids is 1. The van der Waals surface area contributed by atoms with Crippen LogP contribution in [-0.2, 0) is 6.54 Å². The van der Waals surface area contributed by atoms with Crippen molar-refractivity contribution in [1.82, 2.24) is 10.3 Å². The third kappa shape index (κ3) is 3.07. The number of anilines is 1. The molecule has 0 radical (unpaired) electrons. The van der Waals surface area contributed by atoms with Gasteiger partial charge in [-0.25, -0.2) is 4.98 Å². The zero-order valence-corrected chi connectivity index (χ0v) is 11.2. The van der Waals surface area contributed by atoms with Gasteiger partial charge < -0.3 is 10.2 Å². The van der Waals surface area contributed by atoms with Crippen molar-refractivity contribution in [2.45, 2.75) is 6.54 Å². The molecular weight excluding hydrogens is 246 g/mol. The van der Waals surface area contributed by atoms with Crippen molar-refractivity contribution >= 4 is 22.9 Å². The molecule has 0 unspecified atom stereocenters. The van der Waals surface area contributed by atoms with E-state index in [9.17, 15) is 4.79 Å². The maximum Gasteiger partial charge on any atom is 0.251 e. The van der Waals surface area contributed by atoms with Crippen molar-refractivity contribution < 1.29 is 4.79 Å². The Bertz CT molecular complexity index is 523. The SMILES string of the molecule is CN(C)c1cccc(C(=O)NCc2nccs2)c1. The molecule has 2 rings (SSSR count). The molecule has 18 heavy (non-hydrogen) atoms. The van der Waals surface area contributed by atoms with Crippen LogP contribution >= 0.6 is 11.3 Å². The first-order valence-electron chi connectivity index (χ1n) is 5.61. The minimum Gasteiger partial charge on any atom is -0.378 e. The number of hydrogen-bond donors (Lipinski definition) is 1. The van der Waals surface area contributed by atoms with E-state index in [1.807, 2.05) is 48.6 Å². The van der Waals surface area contributed by atoms with Crippen LogP contribution in [0.1, 0.15) is 15.4 Å². The van der Waals surface area contributed by atoms with E-state index >= 15 is 0 Å². The molecule has 0 saturated carbocycles. The molecule has 0 atom stereocenters. The lowest BCUT2D eigenvalue weighted by atomic mass is 10.2. The average molecular weight is 261 g/mol. The van der Waals surface area contributed by atoms with Crippen LogP contribution in [-0.4, -0.2) is 25.0 Å². The summed E-state index contributed by atoms with van der Waals surface area (Å²) in [5, 5.41) is 5.66. The van der Waals surface area contributed by atoms with E-state index in [0.29, 0.717) is 12.1 Å². The highest BCUT2D eigenvalue weighted by Gasteiger charge is 2.07. The van der Waals surface area contributed by atoms with Gasteiger partial charge >= 0.3 is 0 Å². The van der Waals surface area contributed by atoms with Crippen LogP contribution in [0.2, 0.25) is 0 Å². The second-order valence-corrected chi connectivity index (χ2v) is 5.03. The van der Waals surface area contributed by atoms with Gasteiger partial charge in [0.2, 0.25) is 0 Å². The molecular formula is C13H15N3OS. The van der Waals surface area contributed by atoms with Crippen LogP contribution < -0.4 is 10.2 Å². The predicted molar refractivity (Wildman–Crippen MR) is 74.1 cm³/mol. The summed E-state index contributed by atoms with van der Waals surface area (Å²) in [6, 6.07) is 7.53. The first-order valence-corrected chi connectivity index (χ1v) is 6.49. The number of thiazole rings is 1. The molecule has 4 nitrogen and oxygen atoms in total. The van der Waals surface area contributed by atoms with Crippen LogP contribution in [0, 0.1) is 0 Å². The minimum absolute atomic E-state index is 0.0751. The normalized spacial score (nSPS) is 10.1. The van der Waals surface area contributed by atoms with Crippen LogP contribution in [0.4, 0.5) is 5.69 Å². The first kappa shape index (κ1) is 12.6. The van der Waals surface area contributed by atoms with Crippen LogP contribution in [0.5, 0.6) is 0 Å². The number of rotatable bonds is 4. The Morgan fingerprint density at radius 3 is 2.94 bits per heavy atom. The highest BCUT2D eigenvalue weighted by Crippen LogP contribution is 2.13. The lowest BCUT2D eigenvalue weighted by Crippen LogP contribution is -2.23. The molecule has 1 amide bonds. The standard InChI is InChI=1S/C13H15N3OS/c1-16(2)11-5-3-4-10(8-11)13(17)15-9-12-14-6-7-18-12/h3-8H,9H2,1-2H3,(H,15,17). The number of aromatic nitrogens is 1. The van der Waals surface area contributed by atoms with Gasteiger partial charge in [0.05, 0.1) is 6.54 Å². The third-order valence-corrected chi connectivity index (χ3v) is 3.29. The molecule has 0 fully saturated rings. The summed E-state index contributed by atoms with van der Waals surface area (Å²) in [7, 11) is 3.90. The highest BCUT2D eigenvalue weighted by atomic mass is 32.1. The third-order valence-electron chi connectivity index (χ3n) is 2.51. The summed E-state index contributed by atoms with van der Waals surface area (Å²) in [4.78, 5) is 18.1. The van der Waals surface area contributed by atoms with E-state index in [0.717, 1.165) is 10.7 Å². The Labute approximate surface area is 110 Å². The van der Waals surface area contributed by atoms with E-state index in [2.05, 4.69) is 10.3 Å². The van der Waals surface area contributed by atoms with Crippen molar-refractivity contribution in [1.29, 1.82) is 0 Å². The molecule has 1 heterocycles. The molecule has 0 aliphatic heterocycles. The molecule has 1 aromatic heterocycles. The lowest BCUT2D eigenvalue weighted by Gasteiger charge is -2.13. The molecule has 0 aliphatic rings. The monoisotopic (exact) mass is 261 g/mol. The van der Waals surface area contributed by atoms with Gasteiger partial charge in [-0.15, -0.1) is 11.3 Å². The Morgan fingerprint density at radius 2 is 2.28 bits per heavy atom. The van der Waals surface area contributed by atoms with Crippen LogP contribution in [0.3, 0.4) is 0 Å². The van der Waals surface area contributed by atoms with Crippen molar-refractivity contribution in [3.63, 3.8) is 0 Å². The number of carbonyl (C=O) groups is 1. The van der Waals surface area contributed by atoms with E-state index in [-0.39, 0.29) is 5.91 Å². The Kier molecular flexibility index (Phi) is 3.94. The quantitative estimate of drug-likeness (QED) is 0.917. The molecule has 94 valence electrons. The zero-order chi connectivity index (χ0) is 13.0. The fraction of sp³-hybridized carbons (Fsp3) is 0.231. The van der Waals surface area contributed by atoms with Gasteiger partial charge in [-0.3, -0.25) is 4.79 Å². The first-order chi connectivity index (χ1) is 8.66. The number of hydrogen-bond acceptors (Lipinski definition) is 4. The van der Waals surface area contributed by atoms with Gasteiger partial charge in [-0.1, -0.05) is 6.07 Å². The predicted octanol–water partition coefficient (Wildman–Crippen LogP) is 2.14. The summed E-state index contributed by atoms with van der Waals surface area (Å²) in [5.41, 5.74) is 1.68. The molecule has 2 aromatic rings. The smallest absolute Gasteiger partial charge is 0.251 e. The second kappa shape index (κ2) is 5.64. The Hall–Kier alpha value is -1.88. The zero-order valence-electron chi connectivity index (χ0n) is 10.4. The molecule has 0 aliphatic carbocycles. The largest absolute Gasteiger partial charge is 0.378 e. The number of amides is 1. The maximum atomic E-state index is 12.0. The van der Waals surface area contributed by atoms with Crippen LogP contribution in [0.15, 0.2) is 35.8 Å². The van der Waals surface area contributed by atoms with Gasteiger partial charge in [0.15, 0.2) is 0 Å². The van der Waals surface area contributed by atoms with Crippen molar-refractivity contribution in [3.05, 3.63) is 46.4 Å². The number of nitrogens with one attached hydrogen (secondary N) is 1. The van der Waals surface area contributed by atoms with E-state index in [4.69, 9.17) is 0 Å². The molecule has 0 saturated heterocycles. The summed E-state index contributed by atoms with van der Waals surface area (Å²) in [6.45, 7) is 0.475. The summed E-state index contributed by atoms with van der Waals surface area (Å²) in [5.74, 6) is -0.0751. The van der Waals surface area contributed by atoms with E-state index in [1.165, 1.54) is 11.3 Å². The topological polar surface area (TPSA) is 45.2 Å². The Morgan fingerprint density at radius 1 is 1.44 bits per heavy atom. The van der Waals surface area contributed by atoms with Gasteiger partial charge in [-0.05, 0) is 18.2 Å². The van der Waals surface area contributed by atoms with Crippen molar-refractivity contribution in [2.75, 3.05) is 19.0 Å². The van der Waals surface area contributed by atoms with Crippen LogP contribution in [0.25, 0.3) is 0 Å². The lowest BCUT2D eigenvalue weighted by molar-refractivity contribution is 0.0951. The molecule has 0 bridgehead atoms. The number of benzene rings is 1. The summed E-state index contributed by atoms with van der Waals surface area (Å²) < 4.78 is 0. The summed E-state index contributed by atoms with van der Waals surface area (Å²) >= 11 is 1.53. The van der Waals surface area contributed by atoms with Crippen molar-refractivity contribution in [2.24, 2.45) is 0 Å². The average Bonchev–Trinajstić information content (AvgIpc) is 2.89. The van der Waals surface area contributed by atoms with Crippen molar-refractivity contribution in [3.8, 4) is 0 Å². The van der Waals surface area contributed by atoms with E-state index < -0.39 is 0 Å². The van der Waals surface area contributed by atoms with E-state index in [1.54, 1.807) is 6.20 Å². The fourth-order valence-corrected chi connectivity index (χ4v) is 2.08. The van der Waals surface area contributed by atoms with Gasteiger partial charge in [0.25, 0.3) is 5.91 Å². The minimum atomic E-state index is -0.0751. The molecule has 5 heteroatoms. The molecule has 1 aromatic carbocycles. The molecule has 1 N–H and O–H groups in total. The number of nitrogens with zero attached hydrogens (tertiary/aromatic N) is 2. The fourth-order valence-electron chi connectivity index (χ4n) is 1.52. The second-order valence-electron chi connectivity index (χ2n) is 4.05.